The Morgan fingerprint density at radius 1 is 1.37 bits per heavy atom. The van der Waals surface area contributed by atoms with Gasteiger partial charge in [0.25, 0.3) is 0 Å². The number of hydrogen-bond acceptors (Lipinski definition) is 2. The highest BCUT2D eigenvalue weighted by molar-refractivity contribution is 9.10. The molecule has 2 unspecified atom stereocenters. The molecule has 0 aliphatic rings. The van der Waals surface area contributed by atoms with Gasteiger partial charge in [-0.2, -0.15) is 0 Å². The Kier molecular flexibility index (Phi) is 5.95. The Balaban J connectivity index is 2.86. The fourth-order valence-corrected chi connectivity index (χ4v) is 4.15. The third kappa shape index (κ3) is 4.85. The van der Waals surface area contributed by atoms with E-state index in [0.29, 0.717) is 5.92 Å². The van der Waals surface area contributed by atoms with Crippen LogP contribution in [0.5, 0.6) is 0 Å². The van der Waals surface area contributed by atoms with Crippen LogP contribution in [0.15, 0.2) is 27.6 Å². The van der Waals surface area contributed by atoms with Crippen LogP contribution < -0.4 is 4.72 Å². The molecule has 1 rings (SSSR count). The Morgan fingerprint density at radius 2 is 2.00 bits per heavy atom. The average Bonchev–Trinajstić information content (AvgIpc) is 2.26. The van der Waals surface area contributed by atoms with Gasteiger partial charge in [-0.3, -0.25) is 0 Å². The van der Waals surface area contributed by atoms with Crippen molar-refractivity contribution in [2.75, 3.05) is 0 Å². The van der Waals surface area contributed by atoms with Crippen LogP contribution in [0.4, 0.5) is 4.39 Å². The van der Waals surface area contributed by atoms with E-state index < -0.39 is 15.8 Å². The second kappa shape index (κ2) is 6.81. The van der Waals surface area contributed by atoms with Gasteiger partial charge in [-0.25, -0.2) is 17.5 Å². The summed E-state index contributed by atoms with van der Waals surface area (Å²) in [5, 5.41) is 0. The Morgan fingerprint density at radius 3 is 2.53 bits per heavy atom. The quantitative estimate of drug-likeness (QED) is 0.849. The minimum Gasteiger partial charge on any atom is -0.208 e. The van der Waals surface area contributed by atoms with Gasteiger partial charge in [0, 0.05) is 10.5 Å². The van der Waals surface area contributed by atoms with Crippen molar-refractivity contribution < 1.29 is 12.8 Å². The van der Waals surface area contributed by atoms with E-state index in [0.717, 1.165) is 25.0 Å². The van der Waals surface area contributed by atoms with E-state index in [1.54, 1.807) is 0 Å². The van der Waals surface area contributed by atoms with E-state index in [-0.39, 0.29) is 15.4 Å². The second-order valence-corrected chi connectivity index (χ2v) is 7.38. The molecule has 3 nitrogen and oxygen atoms in total. The van der Waals surface area contributed by atoms with Crippen molar-refractivity contribution in [3.8, 4) is 0 Å². The molecule has 0 amide bonds. The fraction of sp³-hybridized carbons (Fsp3) is 0.538. The number of nitrogens with one attached hydrogen (secondary N) is 1. The first-order valence-corrected chi connectivity index (χ1v) is 8.51. The molecule has 0 heterocycles. The lowest BCUT2D eigenvalue weighted by atomic mass is 10.0. The lowest BCUT2D eigenvalue weighted by Gasteiger charge is -2.18. The van der Waals surface area contributed by atoms with Crippen LogP contribution in [0.25, 0.3) is 0 Å². The molecule has 0 bridgehead atoms. The molecule has 0 spiro atoms. The highest BCUT2D eigenvalue weighted by atomic mass is 79.9. The molecule has 0 fully saturated rings. The maximum Gasteiger partial charge on any atom is 0.241 e. The van der Waals surface area contributed by atoms with Gasteiger partial charge in [-0.15, -0.1) is 0 Å². The van der Waals surface area contributed by atoms with E-state index in [1.165, 1.54) is 6.07 Å². The Labute approximate surface area is 122 Å². The maximum absolute atomic E-state index is 13.0. The van der Waals surface area contributed by atoms with Crippen molar-refractivity contribution in [3.63, 3.8) is 0 Å². The van der Waals surface area contributed by atoms with E-state index >= 15 is 0 Å². The summed E-state index contributed by atoms with van der Waals surface area (Å²) in [5.41, 5.74) is 0. The normalized spacial score (nSPS) is 15.2. The lowest BCUT2D eigenvalue weighted by molar-refractivity contribution is 0.445. The van der Waals surface area contributed by atoms with Crippen LogP contribution in [-0.4, -0.2) is 14.5 Å². The molecule has 0 radical (unpaired) electrons. The van der Waals surface area contributed by atoms with Gasteiger partial charge in [0.1, 0.15) is 5.82 Å². The first-order valence-electron chi connectivity index (χ1n) is 6.23. The number of rotatable bonds is 6. The number of sulfonamides is 1. The summed E-state index contributed by atoms with van der Waals surface area (Å²) in [6.07, 6.45) is 1.78. The third-order valence-corrected chi connectivity index (χ3v) is 5.56. The van der Waals surface area contributed by atoms with E-state index in [2.05, 4.69) is 34.5 Å². The molecular formula is C13H19BrFNO2S. The highest BCUT2D eigenvalue weighted by Crippen LogP contribution is 2.23. The molecule has 1 aromatic rings. The predicted octanol–water partition coefficient (Wildman–Crippen LogP) is 3.69. The molecule has 0 aliphatic carbocycles. The molecular weight excluding hydrogens is 333 g/mol. The summed E-state index contributed by atoms with van der Waals surface area (Å²) >= 11 is 3.08. The second-order valence-electron chi connectivity index (χ2n) is 4.85. The van der Waals surface area contributed by atoms with Crippen molar-refractivity contribution in [1.29, 1.82) is 0 Å². The molecule has 0 aromatic heterocycles. The first kappa shape index (κ1) is 16.6. The smallest absolute Gasteiger partial charge is 0.208 e. The largest absolute Gasteiger partial charge is 0.241 e. The van der Waals surface area contributed by atoms with Crippen LogP contribution in [0, 0.1) is 11.7 Å². The van der Waals surface area contributed by atoms with Crippen LogP contribution in [-0.2, 0) is 10.0 Å². The monoisotopic (exact) mass is 351 g/mol. The van der Waals surface area contributed by atoms with Crippen LogP contribution in [0.2, 0.25) is 0 Å². The van der Waals surface area contributed by atoms with Gasteiger partial charge < -0.3 is 0 Å². The zero-order valence-electron chi connectivity index (χ0n) is 11.3. The Hall–Kier alpha value is -0.460. The fourth-order valence-electron chi connectivity index (χ4n) is 1.84. The third-order valence-electron chi connectivity index (χ3n) is 2.99. The van der Waals surface area contributed by atoms with Crippen LogP contribution >= 0.6 is 15.9 Å². The minimum absolute atomic E-state index is 0.0601. The first-order chi connectivity index (χ1) is 8.76. The summed E-state index contributed by atoms with van der Waals surface area (Å²) in [6, 6.07) is 3.39. The zero-order chi connectivity index (χ0) is 14.6. The van der Waals surface area contributed by atoms with E-state index in [4.69, 9.17) is 0 Å². The van der Waals surface area contributed by atoms with Gasteiger partial charge in [0.2, 0.25) is 10.0 Å². The Bertz CT molecular complexity index is 533. The molecule has 0 saturated heterocycles. The standard InChI is InChI=1S/C13H19BrFNO2S/c1-4-9(2)7-10(3)16-19(17,18)13-6-5-11(15)8-12(13)14/h5-6,8-10,16H,4,7H2,1-3H3. The summed E-state index contributed by atoms with van der Waals surface area (Å²) in [6.45, 7) is 5.99. The molecule has 6 heteroatoms. The molecule has 2 atom stereocenters. The van der Waals surface area contributed by atoms with Gasteiger partial charge in [0.15, 0.2) is 0 Å². The van der Waals surface area contributed by atoms with Crippen molar-refractivity contribution in [2.24, 2.45) is 5.92 Å². The number of halogens is 2. The summed E-state index contributed by atoms with van der Waals surface area (Å²) in [7, 11) is -3.62. The molecule has 108 valence electrons. The van der Waals surface area contributed by atoms with Crippen molar-refractivity contribution >= 4 is 26.0 Å². The van der Waals surface area contributed by atoms with Crippen molar-refractivity contribution in [2.45, 2.75) is 44.6 Å². The van der Waals surface area contributed by atoms with Gasteiger partial charge >= 0.3 is 0 Å². The average molecular weight is 352 g/mol. The number of benzene rings is 1. The van der Waals surface area contributed by atoms with E-state index in [9.17, 15) is 12.8 Å². The predicted molar refractivity (Wildman–Crippen MR) is 78.0 cm³/mol. The molecule has 0 aliphatic heterocycles. The molecule has 19 heavy (non-hydrogen) atoms. The minimum atomic E-state index is -3.62. The van der Waals surface area contributed by atoms with Crippen LogP contribution in [0.3, 0.4) is 0 Å². The topological polar surface area (TPSA) is 46.2 Å². The lowest BCUT2D eigenvalue weighted by Crippen LogP contribution is -2.34. The van der Waals surface area contributed by atoms with Gasteiger partial charge in [-0.05, 0) is 53.4 Å². The van der Waals surface area contributed by atoms with Crippen molar-refractivity contribution in [3.05, 3.63) is 28.5 Å². The maximum atomic E-state index is 13.0. The van der Waals surface area contributed by atoms with Crippen LogP contribution in [0.1, 0.15) is 33.6 Å². The zero-order valence-corrected chi connectivity index (χ0v) is 13.7. The SMILES string of the molecule is CCC(C)CC(C)NS(=O)(=O)c1ccc(F)cc1Br. The highest BCUT2D eigenvalue weighted by Gasteiger charge is 2.21. The molecule has 1 aromatic carbocycles. The van der Waals surface area contributed by atoms with Gasteiger partial charge in [0.05, 0.1) is 4.90 Å². The summed E-state index contributed by atoms with van der Waals surface area (Å²) < 4.78 is 40.2. The van der Waals surface area contributed by atoms with Gasteiger partial charge in [-0.1, -0.05) is 20.3 Å². The molecule has 0 saturated carbocycles. The summed E-state index contributed by atoms with van der Waals surface area (Å²) in [4.78, 5) is 0.0601. The summed E-state index contributed by atoms with van der Waals surface area (Å²) in [5.74, 6) is -0.0205. The molecule has 1 N–H and O–H groups in total. The van der Waals surface area contributed by atoms with E-state index in [1.807, 2.05) is 6.92 Å². The van der Waals surface area contributed by atoms with Crippen molar-refractivity contribution in [1.82, 2.24) is 4.72 Å². The number of hydrogen-bond donors (Lipinski definition) is 1.